The number of hydrogen-bond donors (Lipinski definition) is 12. The van der Waals surface area contributed by atoms with E-state index in [2.05, 4.69) is 9.47 Å². The first-order valence-corrected chi connectivity index (χ1v) is 17.4. The third-order valence-electron chi connectivity index (χ3n) is 8.65. The van der Waals surface area contributed by atoms with Crippen molar-refractivity contribution in [3.63, 3.8) is 0 Å². The molecule has 0 aliphatic rings. The fourth-order valence-electron chi connectivity index (χ4n) is 5.59. The van der Waals surface area contributed by atoms with Crippen LogP contribution in [0.25, 0.3) is 0 Å². The monoisotopic (exact) mass is 1050 g/mol. The first-order chi connectivity index (χ1) is 32.3. The maximum absolute atomic E-state index is 12.5. The lowest BCUT2D eigenvalue weighted by atomic mass is 9.97. The quantitative estimate of drug-likeness (QED) is 0.0566. The van der Waals surface area contributed by atoms with Crippen LogP contribution in [0.3, 0.4) is 0 Å². The predicted molar refractivity (Wildman–Crippen MR) is 223 cm³/mol. The summed E-state index contributed by atoms with van der Waals surface area (Å²) in [5.41, 5.74) is -17.0. The molecule has 12 N–H and O–H groups in total. The highest BCUT2D eigenvalue weighted by Gasteiger charge is 2.33. The number of carbonyl (C=O) groups excluding carboxylic acids is 4. The van der Waals surface area contributed by atoms with Crippen molar-refractivity contribution in [1.29, 1.82) is 0 Å². The van der Waals surface area contributed by atoms with Crippen molar-refractivity contribution < 1.29 is 147 Å². The van der Waals surface area contributed by atoms with Crippen LogP contribution < -0.4 is 0 Å². The second-order valence-corrected chi connectivity index (χ2v) is 12.8. The zero-order valence-corrected chi connectivity index (χ0v) is 35.8. The van der Waals surface area contributed by atoms with E-state index in [1.54, 1.807) is 0 Å². The fraction of sp³-hybridized carbons (Fsp3) is 0. The molecule has 0 saturated carbocycles. The second-order valence-electron chi connectivity index (χ2n) is 12.8. The van der Waals surface area contributed by atoms with Gasteiger partial charge in [0.2, 0.25) is 0 Å². The van der Waals surface area contributed by atoms with Crippen LogP contribution in [0.2, 0.25) is 0 Å². The Labute approximate surface area is 404 Å². The topological polar surface area (TPSA) is 534 Å². The lowest BCUT2D eigenvalue weighted by molar-refractivity contribution is 0.0374. The maximum atomic E-state index is 12.5. The van der Waals surface area contributed by atoms with E-state index in [0.29, 0.717) is 48.5 Å². The van der Waals surface area contributed by atoms with Crippen LogP contribution in [0.15, 0.2) is 48.5 Å². The Bertz CT molecular complexity index is 2750. The molecule has 0 bridgehead atoms. The van der Waals surface area contributed by atoms with Gasteiger partial charge in [-0.25, -0.2) is 76.7 Å². The van der Waals surface area contributed by atoms with Crippen molar-refractivity contribution in [1.82, 2.24) is 0 Å². The van der Waals surface area contributed by atoms with Crippen molar-refractivity contribution in [3.05, 3.63) is 138 Å². The van der Waals surface area contributed by atoms with E-state index in [0.717, 1.165) is 0 Å². The molecule has 30 nitrogen and oxygen atoms in total. The Morgan fingerprint density at radius 1 is 0.194 bits per heavy atom. The Balaban J connectivity index is 0.000000701. The van der Waals surface area contributed by atoms with Gasteiger partial charge >= 0.3 is 95.5 Å². The van der Waals surface area contributed by atoms with Crippen molar-refractivity contribution in [3.8, 4) is 0 Å². The van der Waals surface area contributed by atoms with Gasteiger partial charge in [0.05, 0.1) is 89.0 Å². The van der Waals surface area contributed by atoms with Gasteiger partial charge in [0.25, 0.3) is 0 Å². The predicted octanol–water partition coefficient (Wildman–Crippen LogP) is 2.59. The highest BCUT2D eigenvalue weighted by molar-refractivity contribution is 6.17. The van der Waals surface area contributed by atoms with Crippen LogP contribution in [0.4, 0.5) is 0 Å². The number of hydrogen-bond acceptors (Lipinski definition) is 18. The summed E-state index contributed by atoms with van der Waals surface area (Å²) in [6, 6.07) is 2.50. The molecule has 4 aromatic rings. The molecule has 32 heteroatoms. The van der Waals surface area contributed by atoms with E-state index >= 15 is 0 Å². The Kier molecular flexibility index (Phi) is 19.3. The smallest absolute Gasteiger partial charge is 0.346 e. The third kappa shape index (κ3) is 12.9. The maximum Gasteiger partial charge on any atom is 0.346 e. The lowest BCUT2D eigenvalue weighted by Crippen LogP contribution is -2.22. The van der Waals surface area contributed by atoms with Gasteiger partial charge in [0.15, 0.2) is 0 Å². The summed E-state index contributed by atoms with van der Waals surface area (Å²) >= 11 is 0. The molecule has 0 radical (unpaired) electrons. The molecule has 0 spiro atoms. The van der Waals surface area contributed by atoms with Crippen LogP contribution in [-0.2, 0) is 9.47 Å². The standard InChI is InChI=1S/2C20H10O15.2ClH/c2*21-13(22)5-1-9(17(29)30)11(3-7(5)15(25)26)19(33)35-20(34)12-4-8(16(27)28)6(14(23)24)2-10(12)18(31)32;;/h2*1-4H,(H,21,22)(H,23,24)(H,25,26)(H,27,28)(H,29,30)(H,31,32);2*1H. The van der Waals surface area contributed by atoms with Crippen molar-refractivity contribution in [2.24, 2.45) is 0 Å². The van der Waals surface area contributed by atoms with Crippen LogP contribution in [-0.4, -0.2) is 157 Å². The van der Waals surface area contributed by atoms with Gasteiger partial charge in [-0.15, -0.1) is 24.8 Å². The molecule has 0 unspecified atom stereocenters. The molecule has 0 saturated heterocycles. The summed E-state index contributed by atoms with van der Waals surface area (Å²) in [5, 5.41) is 110. The minimum Gasteiger partial charge on any atom is -0.478 e. The van der Waals surface area contributed by atoms with Gasteiger partial charge in [0, 0.05) is 0 Å². The Hall–Kier alpha value is -10.6. The molecular weight excluding hydrogens is 1030 g/mol. The van der Waals surface area contributed by atoms with Crippen LogP contribution in [0, 0.1) is 0 Å². The van der Waals surface area contributed by atoms with Gasteiger partial charge in [-0.1, -0.05) is 0 Å². The molecule has 0 atom stereocenters. The molecule has 0 amide bonds. The molecule has 376 valence electrons. The lowest BCUT2D eigenvalue weighted by Gasteiger charge is -2.12. The average molecular weight is 1050 g/mol. The summed E-state index contributed by atoms with van der Waals surface area (Å²) in [6.45, 7) is 0. The van der Waals surface area contributed by atoms with E-state index in [9.17, 15) is 97.1 Å². The van der Waals surface area contributed by atoms with E-state index in [-0.39, 0.29) is 24.8 Å². The van der Waals surface area contributed by atoms with E-state index in [4.69, 9.17) is 40.9 Å². The number of esters is 4. The molecule has 0 fully saturated rings. The molecule has 4 rings (SSSR count). The molecule has 0 aromatic heterocycles. The van der Waals surface area contributed by atoms with Gasteiger partial charge in [-0.2, -0.15) is 0 Å². The Morgan fingerprint density at radius 2 is 0.278 bits per heavy atom. The van der Waals surface area contributed by atoms with Gasteiger partial charge in [-0.05, 0) is 48.5 Å². The van der Waals surface area contributed by atoms with Gasteiger partial charge in [-0.3, -0.25) is 0 Å². The number of benzene rings is 4. The summed E-state index contributed by atoms with van der Waals surface area (Å²) in [7, 11) is 0. The summed E-state index contributed by atoms with van der Waals surface area (Å²) in [6.07, 6.45) is 0. The highest BCUT2D eigenvalue weighted by atomic mass is 35.5. The van der Waals surface area contributed by atoms with Crippen LogP contribution in [0.5, 0.6) is 0 Å². The minimum atomic E-state index is -1.92. The van der Waals surface area contributed by atoms with Gasteiger partial charge in [0.1, 0.15) is 0 Å². The van der Waals surface area contributed by atoms with E-state index in [1.165, 1.54) is 0 Å². The third-order valence-corrected chi connectivity index (χ3v) is 8.65. The molecule has 0 aliphatic heterocycles. The van der Waals surface area contributed by atoms with Gasteiger partial charge < -0.3 is 70.8 Å². The number of carbonyl (C=O) groups is 16. The molecule has 0 aliphatic carbocycles. The zero-order chi connectivity index (χ0) is 53.5. The molecule has 0 heterocycles. The normalized spacial score (nSPS) is 9.89. The average Bonchev–Trinajstić information content (AvgIpc) is 3.26. The summed E-state index contributed by atoms with van der Waals surface area (Å²) in [4.78, 5) is 186. The van der Waals surface area contributed by atoms with E-state index < -0.39 is 185 Å². The second kappa shape index (κ2) is 23.4. The van der Waals surface area contributed by atoms with Crippen LogP contribution >= 0.6 is 24.8 Å². The van der Waals surface area contributed by atoms with Crippen molar-refractivity contribution in [2.45, 2.75) is 0 Å². The summed E-state index contributed by atoms with van der Waals surface area (Å²) in [5.74, 6) is -30.1. The largest absolute Gasteiger partial charge is 0.478 e. The first-order valence-electron chi connectivity index (χ1n) is 17.4. The summed E-state index contributed by atoms with van der Waals surface area (Å²) < 4.78 is 8.78. The number of rotatable bonds is 16. The SMILES string of the molecule is Cl.Cl.O=C(O)c1cc(C(=O)O)c(C(=O)OC(=O)c2cc(C(=O)O)c(C(=O)O)cc2C(=O)O)cc1C(=O)O.O=C(O)c1cc(C(=O)O)c(C(=O)OC(=O)c2cc(C(=O)O)c(C(=O)O)cc2C(=O)O)cc1C(=O)O. The highest BCUT2D eigenvalue weighted by Crippen LogP contribution is 2.25. The van der Waals surface area contributed by atoms with Crippen molar-refractivity contribution >= 4 is 120 Å². The van der Waals surface area contributed by atoms with Crippen molar-refractivity contribution in [2.75, 3.05) is 0 Å². The number of carboxylic acid groups (broad SMARTS) is 12. The van der Waals surface area contributed by atoms with Crippen LogP contribution in [0.1, 0.15) is 166 Å². The Morgan fingerprint density at radius 3 is 0.375 bits per heavy atom. The fourth-order valence-corrected chi connectivity index (χ4v) is 5.59. The number of ether oxygens (including phenoxy) is 2. The molecule has 72 heavy (non-hydrogen) atoms. The number of carboxylic acids is 12. The first kappa shape index (κ1) is 59.4. The van der Waals surface area contributed by atoms with E-state index in [1.807, 2.05) is 0 Å². The molecular formula is C40H22Cl2O30. The minimum absolute atomic E-state index is 0. The zero-order valence-electron chi connectivity index (χ0n) is 34.2. The number of halogens is 2. The molecule has 4 aromatic carbocycles. The number of aromatic carboxylic acids is 12.